The molecule has 1 saturated heterocycles. The molecule has 20 heavy (non-hydrogen) atoms. The van der Waals surface area contributed by atoms with Gasteiger partial charge in [0.15, 0.2) is 0 Å². The van der Waals surface area contributed by atoms with Crippen LogP contribution in [-0.2, 0) is 9.31 Å². The van der Waals surface area contributed by atoms with Crippen LogP contribution in [0.1, 0.15) is 38.1 Å². The van der Waals surface area contributed by atoms with Gasteiger partial charge < -0.3 is 19.9 Å². The molecule has 0 atom stereocenters. The molecule has 6 heteroatoms. The number of amides is 1. The first kappa shape index (κ1) is 13.5. The van der Waals surface area contributed by atoms with Crippen molar-refractivity contribution in [2.75, 3.05) is 12.0 Å². The smallest absolute Gasteiger partial charge is 0.399 e. The Labute approximate surface area is 119 Å². The Morgan fingerprint density at radius 2 is 1.75 bits per heavy atom. The summed E-state index contributed by atoms with van der Waals surface area (Å²) >= 11 is 0. The van der Waals surface area contributed by atoms with E-state index in [1.54, 1.807) is 6.07 Å². The number of hydrogen-bond acceptors (Lipinski definition) is 4. The lowest BCUT2D eigenvalue weighted by atomic mass is 9.78. The minimum atomic E-state index is -0.405. The fraction of sp³-hybridized carbons (Fsp3) is 0.500. The predicted molar refractivity (Wildman–Crippen MR) is 78.1 cm³/mol. The SMILES string of the molecule is CC1(C)OB(c2ccc3c(c2)NCNC3=O)OC1(C)C. The fourth-order valence-electron chi connectivity index (χ4n) is 2.35. The second-order valence-electron chi connectivity index (χ2n) is 6.25. The Balaban J connectivity index is 1.92. The summed E-state index contributed by atoms with van der Waals surface area (Å²) < 4.78 is 12.0. The number of fused-ring (bicyclic) bond motifs is 1. The standard InChI is InChI=1S/C14H19BN2O3/c1-13(2)14(3,4)20-15(19-13)9-5-6-10-11(7-9)16-8-17-12(10)18/h5-7,16H,8H2,1-4H3,(H,17,18). The van der Waals surface area contributed by atoms with Crippen LogP contribution in [0, 0.1) is 0 Å². The maximum absolute atomic E-state index is 11.7. The Morgan fingerprint density at radius 3 is 2.40 bits per heavy atom. The second-order valence-corrected chi connectivity index (χ2v) is 6.25. The van der Waals surface area contributed by atoms with Gasteiger partial charge in [0, 0.05) is 5.69 Å². The van der Waals surface area contributed by atoms with E-state index in [9.17, 15) is 4.79 Å². The summed E-state index contributed by atoms with van der Waals surface area (Å²) in [5.74, 6) is -0.0563. The van der Waals surface area contributed by atoms with Crippen molar-refractivity contribution in [1.82, 2.24) is 5.32 Å². The van der Waals surface area contributed by atoms with Gasteiger partial charge in [-0.15, -0.1) is 0 Å². The van der Waals surface area contributed by atoms with E-state index in [-0.39, 0.29) is 17.1 Å². The fourth-order valence-corrected chi connectivity index (χ4v) is 2.35. The summed E-state index contributed by atoms with van der Waals surface area (Å²) in [5.41, 5.74) is 1.67. The van der Waals surface area contributed by atoms with Crippen LogP contribution < -0.4 is 16.1 Å². The van der Waals surface area contributed by atoms with Gasteiger partial charge in [-0.05, 0) is 45.3 Å². The van der Waals surface area contributed by atoms with Crippen LogP contribution in [0.15, 0.2) is 18.2 Å². The minimum Gasteiger partial charge on any atom is -0.399 e. The summed E-state index contributed by atoms with van der Waals surface area (Å²) in [6.45, 7) is 8.54. The van der Waals surface area contributed by atoms with Gasteiger partial charge in [-0.3, -0.25) is 4.79 Å². The Bertz CT molecular complexity index is 556. The lowest BCUT2D eigenvalue weighted by Crippen LogP contribution is -2.41. The van der Waals surface area contributed by atoms with Crippen molar-refractivity contribution >= 4 is 24.2 Å². The van der Waals surface area contributed by atoms with Crippen LogP contribution in [-0.4, -0.2) is 30.9 Å². The third-order valence-electron chi connectivity index (χ3n) is 4.34. The highest BCUT2D eigenvalue weighted by atomic mass is 16.7. The molecule has 1 aromatic rings. The van der Waals surface area contributed by atoms with Crippen molar-refractivity contribution in [3.05, 3.63) is 23.8 Å². The van der Waals surface area contributed by atoms with Gasteiger partial charge in [-0.25, -0.2) is 0 Å². The van der Waals surface area contributed by atoms with E-state index in [0.29, 0.717) is 12.2 Å². The lowest BCUT2D eigenvalue weighted by molar-refractivity contribution is 0.00578. The molecule has 0 spiro atoms. The van der Waals surface area contributed by atoms with E-state index in [1.165, 1.54) is 0 Å². The van der Waals surface area contributed by atoms with Gasteiger partial charge in [-0.1, -0.05) is 6.07 Å². The Hall–Kier alpha value is -1.53. The summed E-state index contributed by atoms with van der Waals surface area (Å²) in [6.07, 6.45) is 0. The number of hydrogen-bond donors (Lipinski definition) is 2. The molecule has 0 saturated carbocycles. The van der Waals surface area contributed by atoms with Gasteiger partial charge in [0.25, 0.3) is 5.91 Å². The molecule has 2 N–H and O–H groups in total. The molecule has 0 aromatic heterocycles. The first-order valence-electron chi connectivity index (χ1n) is 6.82. The summed E-state index contributed by atoms with van der Waals surface area (Å²) in [4.78, 5) is 11.7. The number of carbonyl (C=O) groups excluding carboxylic acids is 1. The van der Waals surface area contributed by atoms with Crippen molar-refractivity contribution in [1.29, 1.82) is 0 Å². The normalized spacial score (nSPS) is 23.0. The Kier molecular flexibility index (Phi) is 2.85. The molecule has 1 amide bonds. The van der Waals surface area contributed by atoms with E-state index in [2.05, 4.69) is 10.6 Å². The third-order valence-corrected chi connectivity index (χ3v) is 4.34. The van der Waals surface area contributed by atoms with Gasteiger partial charge in [-0.2, -0.15) is 0 Å². The van der Waals surface area contributed by atoms with Gasteiger partial charge in [0.05, 0.1) is 23.4 Å². The number of nitrogens with one attached hydrogen (secondary N) is 2. The molecule has 3 rings (SSSR count). The highest BCUT2D eigenvalue weighted by Crippen LogP contribution is 2.36. The van der Waals surface area contributed by atoms with E-state index in [1.807, 2.05) is 39.8 Å². The largest absolute Gasteiger partial charge is 0.494 e. The van der Waals surface area contributed by atoms with Crippen molar-refractivity contribution in [3.8, 4) is 0 Å². The van der Waals surface area contributed by atoms with E-state index < -0.39 is 7.12 Å². The number of carbonyl (C=O) groups is 1. The Morgan fingerprint density at radius 1 is 1.10 bits per heavy atom. The van der Waals surface area contributed by atoms with Gasteiger partial charge >= 0.3 is 7.12 Å². The summed E-state index contributed by atoms with van der Waals surface area (Å²) in [7, 11) is -0.405. The quantitative estimate of drug-likeness (QED) is 0.753. The van der Waals surface area contributed by atoms with Crippen LogP contribution in [0.2, 0.25) is 0 Å². The zero-order valence-electron chi connectivity index (χ0n) is 12.2. The maximum Gasteiger partial charge on any atom is 0.494 e. The van der Waals surface area contributed by atoms with E-state index in [0.717, 1.165) is 11.2 Å². The average molecular weight is 274 g/mol. The van der Waals surface area contributed by atoms with Gasteiger partial charge in [0.1, 0.15) is 0 Å². The molecular formula is C14H19BN2O3. The number of benzene rings is 1. The zero-order valence-corrected chi connectivity index (χ0v) is 12.2. The molecule has 2 aliphatic rings. The molecule has 5 nitrogen and oxygen atoms in total. The molecule has 2 aliphatic heterocycles. The second kappa shape index (κ2) is 4.23. The van der Waals surface area contributed by atoms with Crippen LogP contribution in [0.4, 0.5) is 5.69 Å². The minimum absolute atomic E-state index is 0.0563. The third kappa shape index (κ3) is 1.99. The van der Waals surface area contributed by atoms with Crippen molar-refractivity contribution in [2.24, 2.45) is 0 Å². The van der Waals surface area contributed by atoms with Crippen molar-refractivity contribution in [3.63, 3.8) is 0 Å². The summed E-state index contributed by atoms with van der Waals surface area (Å²) in [5, 5.41) is 5.90. The molecule has 2 heterocycles. The summed E-state index contributed by atoms with van der Waals surface area (Å²) in [6, 6.07) is 5.61. The number of rotatable bonds is 1. The first-order valence-corrected chi connectivity index (χ1v) is 6.82. The van der Waals surface area contributed by atoms with Gasteiger partial charge in [0.2, 0.25) is 0 Å². The highest BCUT2D eigenvalue weighted by Gasteiger charge is 2.51. The van der Waals surface area contributed by atoms with Crippen LogP contribution in [0.3, 0.4) is 0 Å². The molecular weight excluding hydrogens is 255 g/mol. The molecule has 0 radical (unpaired) electrons. The molecule has 0 unspecified atom stereocenters. The molecule has 0 aliphatic carbocycles. The monoisotopic (exact) mass is 274 g/mol. The van der Waals surface area contributed by atoms with Crippen LogP contribution in [0.5, 0.6) is 0 Å². The first-order chi connectivity index (χ1) is 9.30. The maximum atomic E-state index is 11.7. The van der Waals surface area contributed by atoms with Crippen LogP contribution in [0.25, 0.3) is 0 Å². The number of anilines is 1. The molecule has 106 valence electrons. The zero-order chi connectivity index (χ0) is 14.5. The molecule has 1 fully saturated rings. The lowest BCUT2D eigenvalue weighted by Gasteiger charge is -2.32. The van der Waals surface area contributed by atoms with E-state index >= 15 is 0 Å². The predicted octanol–water partition coefficient (Wildman–Crippen LogP) is 1.10. The molecule has 1 aromatic carbocycles. The average Bonchev–Trinajstić information content (AvgIpc) is 2.58. The topological polar surface area (TPSA) is 59.6 Å². The molecule has 0 bridgehead atoms. The van der Waals surface area contributed by atoms with E-state index in [4.69, 9.17) is 9.31 Å². The van der Waals surface area contributed by atoms with Crippen molar-refractivity contribution in [2.45, 2.75) is 38.9 Å². The van der Waals surface area contributed by atoms with Crippen molar-refractivity contribution < 1.29 is 14.1 Å². The highest BCUT2D eigenvalue weighted by molar-refractivity contribution is 6.62. The van der Waals surface area contributed by atoms with Crippen LogP contribution >= 0.6 is 0 Å².